The van der Waals surface area contributed by atoms with E-state index in [1.807, 2.05) is 30.1 Å². The van der Waals surface area contributed by atoms with E-state index in [1.165, 1.54) is 0 Å². The highest BCUT2D eigenvalue weighted by Crippen LogP contribution is 2.32. The summed E-state index contributed by atoms with van der Waals surface area (Å²) in [5.74, 6) is 1.58. The van der Waals surface area contributed by atoms with Crippen LogP contribution in [0.25, 0.3) is 0 Å². The smallest absolute Gasteiger partial charge is 0.231 e. The molecule has 0 fully saturated rings. The molecular weight excluding hydrogens is 234 g/mol. The van der Waals surface area contributed by atoms with Gasteiger partial charge in [-0.25, -0.2) is 0 Å². The highest BCUT2D eigenvalue weighted by molar-refractivity contribution is 5.44. The fourth-order valence-electron chi connectivity index (χ4n) is 2.02. The fraction of sp³-hybridized carbons (Fsp3) is 0.538. The van der Waals surface area contributed by atoms with Crippen LogP contribution in [0.1, 0.15) is 5.56 Å². The molecule has 18 heavy (non-hydrogen) atoms. The van der Waals surface area contributed by atoms with Gasteiger partial charge >= 0.3 is 0 Å². The van der Waals surface area contributed by atoms with Gasteiger partial charge in [0.1, 0.15) is 0 Å². The third-order valence-electron chi connectivity index (χ3n) is 2.77. The molecular formula is C13H19NO4. The maximum absolute atomic E-state index is 9.64. The number of methoxy groups -OCH3 is 1. The highest BCUT2D eigenvalue weighted by atomic mass is 16.7. The third-order valence-corrected chi connectivity index (χ3v) is 2.77. The molecule has 1 aromatic rings. The van der Waals surface area contributed by atoms with E-state index in [0.717, 1.165) is 23.6 Å². The zero-order valence-electron chi connectivity index (χ0n) is 10.8. The number of hydrogen-bond acceptors (Lipinski definition) is 5. The van der Waals surface area contributed by atoms with Gasteiger partial charge in [-0.1, -0.05) is 6.07 Å². The van der Waals surface area contributed by atoms with Gasteiger partial charge in [0.25, 0.3) is 0 Å². The Bertz CT molecular complexity index is 397. The van der Waals surface area contributed by atoms with Crippen molar-refractivity contribution in [3.8, 4) is 11.5 Å². The number of ether oxygens (including phenoxy) is 3. The van der Waals surface area contributed by atoms with Crippen molar-refractivity contribution in [1.82, 2.24) is 4.90 Å². The van der Waals surface area contributed by atoms with Crippen molar-refractivity contribution in [2.75, 3.05) is 34.1 Å². The maximum Gasteiger partial charge on any atom is 0.231 e. The molecule has 1 atom stereocenters. The van der Waals surface area contributed by atoms with Gasteiger partial charge in [-0.2, -0.15) is 0 Å². The van der Waals surface area contributed by atoms with Crippen molar-refractivity contribution in [3.63, 3.8) is 0 Å². The molecule has 1 aromatic carbocycles. The van der Waals surface area contributed by atoms with Crippen molar-refractivity contribution >= 4 is 0 Å². The molecule has 0 bridgehead atoms. The Kier molecular flexibility index (Phi) is 4.41. The second kappa shape index (κ2) is 6.04. The molecule has 2 rings (SSSR count). The molecule has 0 saturated heterocycles. The number of aliphatic hydroxyl groups excluding tert-OH is 1. The Balaban J connectivity index is 1.89. The molecule has 1 aliphatic heterocycles. The van der Waals surface area contributed by atoms with Gasteiger partial charge in [0, 0.05) is 20.2 Å². The molecule has 0 radical (unpaired) electrons. The van der Waals surface area contributed by atoms with Crippen LogP contribution in [-0.2, 0) is 11.3 Å². The maximum atomic E-state index is 9.64. The Morgan fingerprint density at radius 3 is 2.94 bits per heavy atom. The Labute approximate surface area is 107 Å². The minimum absolute atomic E-state index is 0.293. The standard InChI is InChI=1S/C13H19NO4/c1-14(7-11(15)8-16-2)6-10-3-4-12-13(5-10)18-9-17-12/h3-5,11,15H,6-9H2,1-2H3. The second-order valence-electron chi connectivity index (χ2n) is 4.49. The van der Waals surface area contributed by atoms with Gasteiger partial charge in [0.05, 0.1) is 12.7 Å². The zero-order valence-corrected chi connectivity index (χ0v) is 10.8. The van der Waals surface area contributed by atoms with Crippen LogP contribution in [0.15, 0.2) is 18.2 Å². The molecule has 1 N–H and O–H groups in total. The topological polar surface area (TPSA) is 51.2 Å². The number of fused-ring (bicyclic) bond motifs is 1. The van der Waals surface area contributed by atoms with Crippen LogP contribution in [0.2, 0.25) is 0 Å². The van der Waals surface area contributed by atoms with E-state index >= 15 is 0 Å². The third kappa shape index (κ3) is 3.35. The molecule has 0 aliphatic carbocycles. The summed E-state index contributed by atoms with van der Waals surface area (Å²) >= 11 is 0. The van der Waals surface area contributed by atoms with Crippen LogP contribution in [0.5, 0.6) is 11.5 Å². The summed E-state index contributed by atoms with van der Waals surface area (Å²) in [5.41, 5.74) is 1.13. The first-order valence-electron chi connectivity index (χ1n) is 5.93. The predicted octanol–water partition coefficient (Wildman–Crippen LogP) is 0.854. The van der Waals surface area contributed by atoms with Crippen molar-refractivity contribution in [3.05, 3.63) is 23.8 Å². The number of nitrogens with zero attached hydrogens (tertiary/aromatic N) is 1. The minimum atomic E-state index is -0.464. The monoisotopic (exact) mass is 253 g/mol. The van der Waals surface area contributed by atoms with Gasteiger partial charge in [-0.3, -0.25) is 4.90 Å². The Morgan fingerprint density at radius 2 is 2.17 bits per heavy atom. The van der Waals surface area contributed by atoms with E-state index in [2.05, 4.69) is 0 Å². The summed E-state index contributed by atoms with van der Waals surface area (Å²) in [6, 6.07) is 5.89. The van der Waals surface area contributed by atoms with Crippen LogP contribution >= 0.6 is 0 Å². The number of aliphatic hydroxyl groups is 1. The number of rotatable bonds is 6. The van der Waals surface area contributed by atoms with Gasteiger partial charge in [0.15, 0.2) is 11.5 Å². The lowest BCUT2D eigenvalue weighted by atomic mass is 10.2. The van der Waals surface area contributed by atoms with Gasteiger partial charge in [0.2, 0.25) is 6.79 Å². The Morgan fingerprint density at radius 1 is 1.39 bits per heavy atom. The van der Waals surface area contributed by atoms with Crippen LogP contribution in [0.4, 0.5) is 0 Å². The molecule has 1 aliphatic rings. The zero-order chi connectivity index (χ0) is 13.0. The lowest BCUT2D eigenvalue weighted by molar-refractivity contribution is 0.0419. The molecule has 1 heterocycles. The summed E-state index contributed by atoms with van der Waals surface area (Å²) in [4.78, 5) is 2.04. The summed E-state index contributed by atoms with van der Waals surface area (Å²) in [6.45, 7) is 1.96. The van der Waals surface area contributed by atoms with Crippen molar-refractivity contribution < 1.29 is 19.3 Å². The average Bonchev–Trinajstić information content (AvgIpc) is 2.76. The molecule has 1 unspecified atom stereocenters. The molecule has 0 aromatic heterocycles. The lowest BCUT2D eigenvalue weighted by Gasteiger charge is -2.20. The molecule has 5 heteroatoms. The first-order chi connectivity index (χ1) is 8.69. The molecule has 0 saturated carbocycles. The normalized spacial score (nSPS) is 15.1. The summed E-state index contributed by atoms with van der Waals surface area (Å²) in [6.07, 6.45) is -0.464. The van der Waals surface area contributed by atoms with Crippen LogP contribution in [0, 0.1) is 0 Å². The van der Waals surface area contributed by atoms with Crippen molar-refractivity contribution in [2.24, 2.45) is 0 Å². The van der Waals surface area contributed by atoms with E-state index in [9.17, 15) is 5.11 Å². The van der Waals surface area contributed by atoms with Crippen molar-refractivity contribution in [1.29, 1.82) is 0 Å². The lowest BCUT2D eigenvalue weighted by Crippen LogP contribution is -2.31. The largest absolute Gasteiger partial charge is 0.454 e. The van der Waals surface area contributed by atoms with Gasteiger partial charge in [-0.05, 0) is 24.7 Å². The van der Waals surface area contributed by atoms with E-state index in [0.29, 0.717) is 19.9 Å². The summed E-state index contributed by atoms with van der Waals surface area (Å²) in [7, 11) is 3.55. The fourth-order valence-corrected chi connectivity index (χ4v) is 2.02. The SMILES string of the molecule is COCC(O)CN(C)Cc1ccc2c(c1)OCO2. The Hall–Kier alpha value is -1.30. The number of likely N-dealkylation sites (N-methyl/N-ethyl adjacent to an activating group) is 1. The molecule has 0 spiro atoms. The van der Waals surface area contributed by atoms with Crippen LogP contribution in [-0.4, -0.2) is 50.2 Å². The summed E-state index contributed by atoms with van der Waals surface area (Å²) in [5, 5.41) is 9.64. The molecule has 0 amide bonds. The van der Waals surface area contributed by atoms with Gasteiger partial charge < -0.3 is 19.3 Å². The van der Waals surface area contributed by atoms with E-state index in [1.54, 1.807) is 7.11 Å². The van der Waals surface area contributed by atoms with Crippen molar-refractivity contribution in [2.45, 2.75) is 12.6 Å². The predicted molar refractivity (Wildman–Crippen MR) is 66.8 cm³/mol. The van der Waals surface area contributed by atoms with Gasteiger partial charge in [-0.15, -0.1) is 0 Å². The quantitative estimate of drug-likeness (QED) is 0.814. The molecule has 5 nitrogen and oxygen atoms in total. The minimum Gasteiger partial charge on any atom is -0.454 e. The number of hydrogen-bond donors (Lipinski definition) is 1. The first-order valence-corrected chi connectivity index (χ1v) is 5.93. The average molecular weight is 253 g/mol. The highest BCUT2D eigenvalue weighted by Gasteiger charge is 2.14. The molecule has 100 valence electrons. The summed E-state index contributed by atoms with van der Waals surface area (Å²) < 4.78 is 15.5. The second-order valence-corrected chi connectivity index (χ2v) is 4.49. The van der Waals surface area contributed by atoms with E-state index in [-0.39, 0.29) is 0 Å². The van der Waals surface area contributed by atoms with Crippen LogP contribution in [0.3, 0.4) is 0 Å². The van der Waals surface area contributed by atoms with Crippen LogP contribution < -0.4 is 9.47 Å². The first kappa shape index (κ1) is 13.1. The van der Waals surface area contributed by atoms with E-state index < -0.39 is 6.10 Å². The number of benzene rings is 1. The van der Waals surface area contributed by atoms with E-state index in [4.69, 9.17) is 14.2 Å².